The summed E-state index contributed by atoms with van der Waals surface area (Å²) in [6.45, 7) is 5.31. The molecule has 0 radical (unpaired) electrons. The third-order valence-electron chi connectivity index (χ3n) is 5.53. The first-order chi connectivity index (χ1) is 14.6. The number of fused-ring (bicyclic) bond motifs is 1. The van der Waals surface area contributed by atoms with Gasteiger partial charge in [0, 0.05) is 36.4 Å². The Labute approximate surface area is 172 Å². The highest BCUT2D eigenvalue weighted by Gasteiger charge is 2.31. The van der Waals surface area contributed by atoms with Crippen LogP contribution >= 0.6 is 0 Å². The lowest BCUT2D eigenvalue weighted by Gasteiger charge is -2.15. The van der Waals surface area contributed by atoms with E-state index in [0.717, 1.165) is 34.1 Å². The Balaban J connectivity index is 1.28. The van der Waals surface area contributed by atoms with Crippen LogP contribution in [0.1, 0.15) is 34.9 Å². The molecule has 0 bridgehead atoms. The second-order valence-corrected chi connectivity index (χ2v) is 7.75. The molecule has 152 valence electrons. The maximum absolute atomic E-state index is 12.9. The summed E-state index contributed by atoms with van der Waals surface area (Å²) >= 11 is 0. The molecule has 5 rings (SSSR count). The van der Waals surface area contributed by atoms with Crippen molar-refractivity contribution < 1.29 is 13.7 Å². The maximum atomic E-state index is 12.9. The molecule has 0 aliphatic carbocycles. The molecule has 0 saturated carbocycles. The summed E-state index contributed by atoms with van der Waals surface area (Å²) in [5.74, 6) is 1.41. The molecule has 1 aliphatic rings. The molecular formula is C22H21N5O3. The number of aromatic nitrogens is 4. The summed E-state index contributed by atoms with van der Waals surface area (Å²) in [6.07, 6.45) is 6.07. The summed E-state index contributed by atoms with van der Waals surface area (Å²) in [7, 11) is 0. The summed E-state index contributed by atoms with van der Waals surface area (Å²) in [5.41, 5.74) is 4.03. The molecular weight excluding hydrogens is 382 g/mol. The zero-order valence-electron chi connectivity index (χ0n) is 16.8. The smallest absolute Gasteiger partial charge is 0.240 e. The van der Waals surface area contributed by atoms with Gasteiger partial charge in [0.15, 0.2) is 0 Å². The van der Waals surface area contributed by atoms with Crippen LogP contribution in [0.15, 0.2) is 45.8 Å². The van der Waals surface area contributed by atoms with E-state index >= 15 is 0 Å². The summed E-state index contributed by atoms with van der Waals surface area (Å²) < 4.78 is 11.1. The highest BCUT2D eigenvalue weighted by atomic mass is 16.5. The molecule has 1 saturated heterocycles. The number of nitrogens with zero attached hydrogens (tertiary/aromatic N) is 5. The lowest BCUT2D eigenvalue weighted by atomic mass is 10.0. The van der Waals surface area contributed by atoms with Gasteiger partial charge in [0.2, 0.25) is 23.4 Å². The Morgan fingerprint density at radius 1 is 1.20 bits per heavy atom. The number of likely N-dealkylation sites (tertiary alicyclic amines) is 1. The molecule has 1 atom stereocenters. The molecule has 30 heavy (non-hydrogen) atoms. The first-order valence-electron chi connectivity index (χ1n) is 9.94. The zero-order chi connectivity index (χ0) is 20.7. The predicted molar refractivity (Wildman–Crippen MR) is 109 cm³/mol. The van der Waals surface area contributed by atoms with Crippen LogP contribution in [0.3, 0.4) is 0 Å². The minimum absolute atomic E-state index is 0.0180. The van der Waals surface area contributed by atoms with Crippen molar-refractivity contribution in [2.75, 3.05) is 13.1 Å². The van der Waals surface area contributed by atoms with Gasteiger partial charge in [-0.25, -0.2) is 9.97 Å². The van der Waals surface area contributed by atoms with Crippen LogP contribution in [0.2, 0.25) is 0 Å². The number of hydrogen-bond donors (Lipinski definition) is 0. The highest BCUT2D eigenvalue weighted by Crippen LogP contribution is 2.30. The van der Waals surface area contributed by atoms with Gasteiger partial charge in [-0.2, -0.15) is 4.98 Å². The normalized spacial score (nSPS) is 16.5. The van der Waals surface area contributed by atoms with Gasteiger partial charge < -0.3 is 13.8 Å². The second kappa shape index (κ2) is 7.37. The Morgan fingerprint density at radius 2 is 2.03 bits per heavy atom. The standard InChI is InChI=1S/C22H21N5O3/c1-13-8-14(2)19-16(12-29-17(19)9-13)10-18(28)27-7-4-15(11-27)22-25-21(26-30-22)20-23-5-3-6-24-20/h3,5-6,8-9,12,15H,4,7,10-11H2,1-2H3/t15-/m1/s1. The van der Waals surface area contributed by atoms with Gasteiger partial charge in [0.1, 0.15) is 5.58 Å². The monoisotopic (exact) mass is 403 g/mol. The number of benzene rings is 1. The van der Waals surface area contributed by atoms with E-state index in [1.54, 1.807) is 24.7 Å². The first kappa shape index (κ1) is 18.5. The van der Waals surface area contributed by atoms with Crippen molar-refractivity contribution in [2.45, 2.75) is 32.6 Å². The summed E-state index contributed by atoms with van der Waals surface area (Å²) in [6, 6.07) is 5.85. The lowest BCUT2D eigenvalue weighted by molar-refractivity contribution is -0.129. The Morgan fingerprint density at radius 3 is 2.87 bits per heavy atom. The minimum Gasteiger partial charge on any atom is -0.464 e. The van der Waals surface area contributed by atoms with E-state index in [-0.39, 0.29) is 11.8 Å². The molecule has 1 amide bonds. The third kappa shape index (κ3) is 3.34. The Bertz CT molecular complexity index is 1210. The molecule has 3 aromatic heterocycles. The van der Waals surface area contributed by atoms with Gasteiger partial charge in [-0.1, -0.05) is 11.2 Å². The van der Waals surface area contributed by atoms with E-state index in [9.17, 15) is 4.79 Å². The van der Waals surface area contributed by atoms with Crippen LogP contribution in [-0.2, 0) is 11.2 Å². The Kier molecular flexibility index (Phi) is 4.54. The van der Waals surface area contributed by atoms with Crippen molar-refractivity contribution in [3.63, 3.8) is 0 Å². The molecule has 8 nitrogen and oxygen atoms in total. The fraction of sp³-hybridized carbons (Fsp3) is 0.318. The van der Waals surface area contributed by atoms with Crippen LogP contribution in [0.5, 0.6) is 0 Å². The van der Waals surface area contributed by atoms with E-state index in [0.29, 0.717) is 37.0 Å². The van der Waals surface area contributed by atoms with Gasteiger partial charge in [0.05, 0.1) is 18.6 Å². The van der Waals surface area contributed by atoms with Gasteiger partial charge in [-0.05, 0) is 43.5 Å². The molecule has 0 spiro atoms. The molecule has 1 aromatic carbocycles. The number of carbonyl (C=O) groups is 1. The Hall–Kier alpha value is -3.55. The molecule has 1 fully saturated rings. The fourth-order valence-electron chi connectivity index (χ4n) is 4.13. The average molecular weight is 403 g/mol. The lowest BCUT2D eigenvalue weighted by Crippen LogP contribution is -2.29. The van der Waals surface area contributed by atoms with Crippen LogP contribution < -0.4 is 0 Å². The molecule has 0 unspecified atom stereocenters. The molecule has 4 heterocycles. The fourth-order valence-corrected chi connectivity index (χ4v) is 4.13. The van der Waals surface area contributed by atoms with Crippen LogP contribution in [0.4, 0.5) is 0 Å². The van der Waals surface area contributed by atoms with E-state index in [1.807, 2.05) is 24.8 Å². The van der Waals surface area contributed by atoms with Crippen LogP contribution in [-0.4, -0.2) is 44.0 Å². The number of hydrogen-bond acceptors (Lipinski definition) is 7. The van der Waals surface area contributed by atoms with Gasteiger partial charge in [0.25, 0.3) is 0 Å². The van der Waals surface area contributed by atoms with Crippen molar-refractivity contribution in [3.05, 3.63) is 59.4 Å². The SMILES string of the molecule is Cc1cc(C)c2c(CC(=O)N3CC[C@@H](c4nc(-c5ncccn5)no4)C3)coc2c1. The van der Waals surface area contributed by atoms with E-state index in [1.165, 1.54) is 0 Å². The van der Waals surface area contributed by atoms with E-state index in [2.05, 4.69) is 26.2 Å². The van der Waals surface area contributed by atoms with Gasteiger partial charge in [-0.3, -0.25) is 4.79 Å². The quantitative estimate of drug-likeness (QED) is 0.515. The first-order valence-corrected chi connectivity index (χ1v) is 9.94. The molecule has 4 aromatic rings. The molecule has 0 N–H and O–H groups in total. The van der Waals surface area contributed by atoms with E-state index in [4.69, 9.17) is 8.94 Å². The number of amides is 1. The van der Waals surface area contributed by atoms with Crippen LogP contribution in [0, 0.1) is 13.8 Å². The molecule has 8 heteroatoms. The molecule has 1 aliphatic heterocycles. The van der Waals surface area contributed by atoms with Crippen LogP contribution in [0.25, 0.3) is 22.6 Å². The number of aryl methyl sites for hydroxylation is 2. The third-order valence-corrected chi connectivity index (χ3v) is 5.53. The van der Waals surface area contributed by atoms with Crippen molar-refractivity contribution in [2.24, 2.45) is 0 Å². The minimum atomic E-state index is 0.0180. The second-order valence-electron chi connectivity index (χ2n) is 7.75. The van der Waals surface area contributed by atoms with Crippen molar-refractivity contribution in [1.82, 2.24) is 25.0 Å². The number of carbonyl (C=O) groups excluding carboxylic acids is 1. The predicted octanol–water partition coefficient (Wildman–Crippen LogP) is 3.45. The summed E-state index contributed by atoms with van der Waals surface area (Å²) in [4.78, 5) is 27.5. The van der Waals surface area contributed by atoms with Crippen molar-refractivity contribution in [1.29, 1.82) is 0 Å². The number of furan rings is 1. The topological polar surface area (TPSA) is 98.2 Å². The van der Waals surface area contributed by atoms with Crippen molar-refractivity contribution in [3.8, 4) is 11.6 Å². The van der Waals surface area contributed by atoms with Gasteiger partial charge in [-0.15, -0.1) is 0 Å². The number of rotatable bonds is 4. The highest BCUT2D eigenvalue weighted by molar-refractivity contribution is 5.90. The van der Waals surface area contributed by atoms with Gasteiger partial charge >= 0.3 is 0 Å². The van der Waals surface area contributed by atoms with E-state index < -0.39 is 0 Å². The summed E-state index contributed by atoms with van der Waals surface area (Å²) in [5, 5.41) is 5.02. The average Bonchev–Trinajstić information content (AvgIpc) is 3.48. The van der Waals surface area contributed by atoms with Crippen molar-refractivity contribution >= 4 is 16.9 Å². The zero-order valence-corrected chi connectivity index (χ0v) is 16.8. The maximum Gasteiger partial charge on any atom is 0.240 e. The largest absolute Gasteiger partial charge is 0.464 e.